The second kappa shape index (κ2) is 7.64. The molecule has 1 amide bonds. The van der Waals surface area contributed by atoms with Gasteiger partial charge in [-0.05, 0) is 40.5 Å². The molecule has 6 heteroatoms. The van der Waals surface area contributed by atoms with Crippen molar-refractivity contribution in [3.8, 4) is 0 Å². The third-order valence-electron chi connectivity index (χ3n) is 3.39. The number of hydrogen-bond acceptors (Lipinski definition) is 5. The molecule has 0 N–H and O–H groups in total. The maximum Gasteiger partial charge on any atom is 0.410 e. The zero-order valence-corrected chi connectivity index (χ0v) is 13.7. The van der Waals surface area contributed by atoms with Crippen LogP contribution in [0.15, 0.2) is 0 Å². The van der Waals surface area contributed by atoms with E-state index in [1.54, 1.807) is 18.9 Å². The largest absolute Gasteiger partial charge is 0.466 e. The Morgan fingerprint density at radius 1 is 1.19 bits per heavy atom. The first-order chi connectivity index (χ1) is 9.78. The van der Waals surface area contributed by atoms with Gasteiger partial charge in [0.15, 0.2) is 0 Å². The van der Waals surface area contributed by atoms with Crippen LogP contribution < -0.4 is 0 Å². The van der Waals surface area contributed by atoms with Gasteiger partial charge in [0.05, 0.1) is 18.6 Å². The number of nitrogens with zero attached hydrogens (tertiary/aromatic N) is 1. The van der Waals surface area contributed by atoms with Gasteiger partial charge in [0.25, 0.3) is 0 Å². The van der Waals surface area contributed by atoms with Gasteiger partial charge in [0.1, 0.15) is 5.60 Å². The van der Waals surface area contributed by atoms with Gasteiger partial charge in [0, 0.05) is 20.2 Å². The molecule has 2 atom stereocenters. The Hall–Kier alpha value is -1.30. The molecule has 0 bridgehead atoms. The topological polar surface area (TPSA) is 65.1 Å². The Morgan fingerprint density at radius 3 is 2.33 bits per heavy atom. The van der Waals surface area contributed by atoms with E-state index in [4.69, 9.17) is 14.2 Å². The number of carbonyl (C=O) groups excluding carboxylic acids is 2. The van der Waals surface area contributed by atoms with Crippen LogP contribution in [-0.2, 0) is 19.0 Å². The second-order valence-electron chi connectivity index (χ2n) is 6.18. The lowest BCUT2D eigenvalue weighted by Crippen LogP contribution is -2.37. The Labute approximate surface area is 126 Å². The van der Waals surface area contributed by atoms with Crippen LogP contribution in [0.25, 0.3) is 0 Å². The molecular weight excluding hydrogens is 274 g/mol. The van der Waals surface area contributed by atoms with Crippen LogP contribution in [0.2, 0.25) is 0 Å². The fourth-order valence-electron chi connectivity index (χ4n) is 2.39. The van der Waals surface area contributed by atoms with E-state index in [9.17, 15) is 9.59 Å². The fraction of sp³-hybridized carbons (Fsp3) is 0.867. The standard InChI is InChI=1S/C15H27NO5/c1-6-20-13(17)11-7-9-16(10-8-12(11)19-5)14(18)21-15(2,3)4/h11-12H,6-10H2,1-5H3/t11-,12+/m0/s1. The predicted octanol–water partition coefficient (Wildman–Crippen LogP) is 2.21. The van der Waals surface area contributed by atoms with Crippen molar-refractivity contribution >= 4 is 12.1 Å². The molecule has 1 fully saturated rings. The molecule has 0 unspecified atom stereocenters. The third-order valence-corrected chi connectivity index (χ3v) is 3.39. The number of ether oxygens (including phenoxy) is 3. The van der Waals surface area contributed by atoms with Gasteiger partial charge in [0.2, 0.25) is 0 Å². The lowest BCUT2D eigenvalue weighted by atomic mass is 9.97. The minimum atomic E-state index is -0.523. The van der Waals surface area contributed by atoms with E-state index in [-0.39, 0.29) is 24.1 Å². The highest BCUT2D eigenvalue weighted by atomic mass is 16.6. The molecule has 0 aliphatic carbocycles. The molecule has 0 spiro atoms. The summed E-state index contributed by atoms with van der Waals surface area (Å²) in [7, 11) is 1.58. The fourth-order valence-corrected chi connectivity index (χ4v) is 2.39. The van der Waals surface area contributed by atoms with Crippen molar-refractivity contribution in [3.05, 3.63) is 0 Å². The van der Waals surface area contributed by atoms with Crippen molar-refractivity contribution in [1.29, 1.82) is 0 Å². The second-order valence-corrected chi connectivity index (χ2v) is 6.18. The summed E-state index contributed by atoms with van der Waals surface area (Å²) < 4.78 is 15.9. The summed E-state index contributed by atoms with van der Waals surface area (Å²) in [4.78, 5) is 25.7. The van der Waals surface area contributed by atoms with Gasteiger partial charge < -0.3 is 19.1 Å². The van der Waals surface area contributed by atoms with Crippen LogP contribution in [0.3, 0.4) is 0 Å². The highest BCUT2D eigenvalue weighted by molar-refractivity contribution is 5.73. The van der Waals surface area contributed by atoms with Crippen molar-refractivity contribution in [2.24, 2.45) is 5.92 Å². The number of hydrogen-bond donors (Lipinski definition) is 0. The van der Waals surface area contributed by atoms with Crippen LogP contribution in [0.5, 0.6) is 0 Å². The average Bonchev–Trinajstić information content (AvgIpc) is 2.59. The minimum Gasteiger partial charge on any atom is -0.466 e. The SMILES string of the molecule is CCOC(=O)[C@H]1CCN(C(=O)OC(C)(C)C)CC[C@H]1OC. The maximum atomic E-state index is 12.1. The van der Waals surface area contributed by atoms with E-state index in [1.807, 2.05) is 20.8 Å². The predicted molar refractivity (Wildman–Crippen MR) is 78.0 cm³/mol. The van der Waals surface area contributed by atoms with Gasteiger partial charge >= 0.3 is 12.1 Å². The summed E-state index contributed by atoms with van der Waals surface area (Å²) in [6, 6.07) is 0. The molecule has 6 nitrogen and oxygen atoms in total. The molecule has 1 rings (SSSR count). The van der Waals surface area contributed by atoms with E-state index in [0.717, 1.165) is 0 Å². The molecule has 0 saturated carbocycles. The normalized spacial score (nSPS) is 23.4. The number of rotatable bonds is 3. The third kappa shape index (κ3) is 5.53. The number of likely N-dealkylation sites (tertiary alicyclic amines) is 1. The summed E-state index contributed by atoms with van der Waals surface area (Å²) in [6.45, 7) is 8.62. The van der Waals surface area contributed by atoms with Gasteiger partial charge in [-0.3, -0.25) is 4.79 Å². The highest BCUT2D eigenvalue weighted by Gasteiger charge is 2.35. The zero-order valence-electron chi connectivity index (χ0n) is 13.7. The Kier molecular flexibility index (Phi) is 6.45. The van der Waals surface area contributed by atoms with E-state index in [0.29, 0.717) is 32.5 Å². The Bertz CT molecular complexity index is 364. The van der Waals surface area contributed by atoms with E-state index < -0.39 is 5.60 Å². The van der Waals surface area contributed by atoms with Crippen molar-refractivity contribution in [2.75, 3.05) is 26.8 Å². The molecule has 1 aliphatic heterocycles. The Balaban J connectivity index is 2.69. The summed E-state index contributed by atoms with van der Waals surface area (Å²) in [5.41, 5.74) is -0.523. The van der Waals surface area contributed by atoms with E-state index in [2.05, 4.69) is 0 Å². The van der Waals surface area contributed by atoms with E-state index in [1.165, 1.54) is 0 Å². The van der Waals surface area contributed by atoms with Crippen LogP contribution >= 0.6 is 0 Å². The number of methoxy groups -OCH3 is 1. The van der Waals surface area contributed by atoms with Crippen molar-refractivity contribution in [2.45, 2.75) is 52.2 Å². The van der Waals surface area contributed by atoms with Crippen molar-refractivity contribution in [3.63, 3.8) is 0 Å². The maximum absolute atomic E-state index is 12.1. The Morgan fingerprint density at radius 2 is 1.81 bits per heavy atom. The summed E-state index contributed by atoms with van der Waals surface area (Å²) >= 11 is 0. The average molecular weight is 301 g/mol. The van der Waals surface area contributed by atoms with Crippen LogP contribution in [-0.4, -0.2) is 55.5 Å². The summed E-state index contributed by atoms with van der Waals surface area (Å²) in [5.74, 6) is -0.585. The first-order valence-electron chi connectivity index (χ1n) is 7.45. The van der Waals surface area contributed by atoms with Crippen LogP contribution in [0, 0.1) is 5.92 Å². The van der Waals surface area contributed by atoms with Gasteiger partial charge in [-0.2, -0.15) is 0 Å². The molecule has 1 heterocycles. The lowest BCUT2D eigenvalue weighted by molar-refractivity contribution is -0.153. The molecule has 21 heavy (non-hydrogen) atoms. The highest BCUT2D eigenvalue weighted by Crippen LogP contribution is 2.23. The van der Waals surface area contributed by atoms with Crippen molar-refractivity contribution < 1.29 is 23.8 Å². The van der Waals surface area contributed by atoms with Gasteiger partial charge in [-0.25, -0.2) is 4.79 Å². The van der Waals surface area contributed by atoms with Crippen LogP contribution in [0.4, 0.5) is 4.79 Å². The molecule has 0 aromatic carbocycles. The summed E-state index contributed by atoms with van der Waals surface area (Å²) in [6.07, 6.45) is 0.550. The molecule has 0 aromatic rings. The monoisotopic (exact) mass is 301 g/mol. The minimum absolute atomic E-state index is 0.225. The molecular formula is C15H27NO5. The van der Waals surface area contributed by atoms with Gasteiger partial charge in [-0.1, -0.05) is 0 Å². The first-order valence-corrected chi connectivity index (χ1v) is 7.45. The molecule has 1 aliphatic rings. The molecule has 0 radical (unpaired) electrons. The molecule has 1 saturated heterocycles. The van der Waals surface area contributed by atoms with Crippen molar-refractivity contribution in [1.82, 2.24) is 4.90 Å². The number of carbonyl (C=O) groups is 2. The lowest BCUT2D eigenvalue weighted by Gasteiger charge is -2.26. The first kappa shape index (κ1) is 17.8. The number of esters is 1. The van der Waals surface area contributed by atoms with Gasteiger partial charge in [-0.15, -0.1) is 0 Å². The summed E-state index contributed by atoms with van der Waals surface area (Å²) in [5, 5.41) is 0. The van der Waals surface area contributed by atoms with E-state index >= 15 is 0 Å². The number of amides is 1. The van der Waals surface area contributed by atoms with Crippen LogP contribution in [0.1, 0.15) is 40.5 Å². The zero-order chi connectivity index (χ0) is 16.0. The quantitative estimate of drug-likeness (QED) is 0.748. The molecule has 122 valence electrons. The smallest absolute Gasteiger partial charge is 0.410 e. The molecule has 0 aromatic heterocycles.